The van der Waals surface area contributed by atoms with Gasteiger partial charge in [0.2, 0.25) is 0 Å². The molecule has 0 radical (unpaired) electrons. The summed E-state index contributed by atoms with van der Waals surface area (Å²) in [5.74, 6) is -0.693. The number of rotatable bonds is 2. The molecule has 0 aliphatic rings. The number of halogens is 1. The van der Waals surface area contributed by atoms with E-state index in [0.29, 0.717) is 0 Å². The van der Waals surface area contributed by atoms with Gasteiger partial charge in [0.25, 0.3) is 0 Å². The molecule has 0 aliphatic carbocycles. The first-order chi connectivity index (χ1) is 5.38. The second-order valence-electron chi connectivity index (χ2n) is 3.52. The lowest BCUT2D eigenvalue weighted by Crippen LogP contribution is -2.18. The minimum atomic E-state index is -0.528. The topological polar surface area (TPSA) is 38.7 Å². The molecule has 0 aliphatic heterocycles. The number of nitrogens with zero attached hydrogens (tertiary/aromatic N) is 1. The molecule has 0 aromatic heterocycles. The molecule has 3 nitrogen and oxygen atoms in total. The lowest BCUT2D eigenvalue weighted by Gasteiger charge is -2.16. The predicted octanol–water partition coefficient (Wildman–Crippen LogP) is 2.19. The van der Waals surface area contributed by atoms with Crippen molar-refractivity contribution in [1.29, 1.82) is 0 Å². The molecule has 0 aromatic carbocycles. The molecule has 0 unspecified atom stereocenters. The van der Waals surface area contributed by atoms with Gasteiger partial charge in [-0.2, -0.15) is 0 Å². The van der Waals surface area contributed by atoms with Crippen LogP contribution in [0.3, 0.4) is 0 Å². The Morgan fingerprint density at radius 3 is 2.33 bits per heavy atom. The Labute approximate surface area is 77.7 Å². The molecule has 0 saturated heterocycles. The number of carbonyl (C=O) groups excluding carboxylic acids is 1. The van der Waals surface area contributed by atoms with E-state index in [1.54, 1.807) is 0 Å². The quantitative estimate of drug-likeness (QED) is 0.291. The lowest BCUT2D eigenvalue weighted by molar-refractivity contribution is -0.140. The molecule has 0 aromatic rings. The number of alkyl halides is 1. The molecule has 12 heavy (non-hydrogen) atoms. The third-order valence-corrected chi connectivity index (χ3v) is 1.70. The van der Waals surface area contributed by atoms with Crippen LogP contribution in [0.15, 0.2) is 5.16 Å². The van der Waals surface area contributed by atoms with Crippen molar-refractivity contribution < 1.29 is 9.63 Å². The normalized spacial score (nSPS) is 12.9. The van der Waals surface area contributed by atoms with Gasteiger partial charge in [-0.3, -0.25) is 0 Å². The van der Waals surface area contributed by atoms with E-state index in [1.165, 1.54) is 0 Å². The van der Waals surface area contributed by atoms with Crippen LogP contribution in [0.25, 0.3) is 0 Å². The standard InChI is InChI=1S/C8H14ClNO2/c1-6(8(2,3)4)10-12-7(11)5-9/h5H2,1-4H3. The Kier molecular flexibility index (Phi) is 4.24. The molecule has 0 rings (SSSR count). The van der Waals surface area contributed by atoms with Gasteiger partial charge in [-0.1, -0.05) is 25.9 Å². The van der Waals surface area contributed by atoms with Crippen LogP contribution in [-0.2, 0) is 9.63 Å². The Morgan fingerprint density at radius 2 is 2.00 bits per heavy atom. The van der Waals surface area contributed by atoms with Gasteiger partial charge in [0.1, 0.15) is 5.88 Å². The van der Waals surface area contributed by atoms with Crippen LogP contribution >= 0.6 is 11.6 Å². The van der Waals surface area contributed by atoms with Crippen LogP contribution in [0.2, 0.25) is 0 Å². The highest BCUT2D eigenvalue weighted by atomic mass is 35.5. The molecule has 0 atom stereocenters. The number of carbonyl (C=O) groups is 1. The van der Waals surface area contributed by atoms with E-state index in [-0.39, 0.29) is 11.3 Å². The maximum Gasteiger partial charge on any atom is 0.349 e. The van der Waals surface area contributed by atoms with Crippen molar-refractivity contribution in [3.8, 4) is 0 Å². The summed E-state index contributed by atoms with van der Waals surface area (Å²) >= 11 is 5.21. The summed E-state index contributed by atoms with van der Waals surface area (Å²) in [4.78, 5) is 15.1. The van der Waals surface area contributed by atoms with E-state index in [1.807, 2.05) is 27.7 Å². The average Bonchev–Trinajstić information content (AvgIpc) is 1.97. The Morgan fingerprint density at radius 1 is 1.50 bits per heavy atom. The summed E-state index contributed by atoms with van der Waals surface area (Å²) in [6.45, 7) is 7.77. The fraction of sp³-hybridized carbons (Fsp3) is 0.750. The molecule has 0 fully saturated rings. The first-order valence-corrected chi connectivity index (χ1v) is 4.22. The summed E-state index contributed by atoms with van der Waals surface area (Å²) in [7, 11) is 0. The van der Waals surface area contributed by atoms with Crippen molar-refractivity contribution >= 4 is 23.3 Å². The minimum absolute atomic E-state index is 0.0768. The molecule has 0 amide bonds. The summed E-state index contributed by atoms with van der Waals surface area (Å²) in [6.07, 6.45) is 0. The van der Waals surface area contributed by atoms with E-state index in [4.69, 9.17) is 11.6 Å². The fourth-order valence-electron chi connectivity index (χ4n) is 0.281. The zero-order chi connectivity index (χ0) is 9.78. The highest BCUT2D eigenvalue weighted by molar-refractivity contribution is 6.26. The molecule has 0 heterocycles. The molecule has 4 heteroatoms. The van der Waals surface area contributed by atoms with Crippen LogP contribution in [0.5, 0.6) is 0 Å². The lowest BCUT2D eigenvalue weighted by atomic mass is 9.91. The van der Waals surface area contributed by atoms with E-state index < -0.39 is 5.97 Å². The number of hydrogen-bond acceptors (Lipinski definition) is 3. The van der Waals surface area contributed by atoms with E-state index in [9.17, 15) is 4.79 Å². The predicted molar refractivity (Wildman–Crippen MR) is 49.4 cm³/mol. The van der Waals surface area contributed by atoms with Crippen molar-refractivity contribution in [1.82, 2.24) is 0 Å². The van der Waals surface area contributed by atoms with E-state index in [0.717, 1.165) is 5.71 Å². The summed E-state index contributed by atoms with van der Waals surface area (Å²) in [6, 6.07) is 0. The molecule has 0 spiro atoms. The molecular weight excluding hydrogens is 178 g/mol. The van der Waals surface area contributed by atoms with E-state index in [2.05, 4.69) is 9.99 Å². The highest BCUT2D eigenvalue weighted by Gasteiger charge is 2.15. The van der Waals surface area contributed by atoms with E-state index >= 15 is 0 Å². The van der Waals surface area contributed by atoms with Crippen LogP contribution < -0.4 is 0 Å². The van der Waals surface area contributed by atoms with Gasteiger partial charge in [0.15, 0.2) is 0 Å². The molecule has 0 N–H and O–H groups in total. The first-order valence-electron chi connectivity index (χ1n) is 3.69. The Bertz CT molecular complexity index is 194. The average molecular weight is 192 g/mol. The Balaban J connectivity index is 4.11. The van der Waals surface area contributed by atoms with Gasteiger partial charge in [-0.05, 0) is 6.92 Å². The summed E-state index contributed by atoms with van der Waals surface area (Å²) < 4.78 is 0. The first kappa shape index (κ1) is 11.4. The molecule has 70 valence electrons. The van der Waals surface area contributed by atoms with Gasteiger partial charge < -0.3 is 4.84 Å². The van der Waals surface area contributed by atoms with Crippen LogP contribution in [-0.4, -0.2) is 17.6 Å². The monoisotopic (exact) mass is 191 g/mol. The van der Waals surface area contributed by atoms with Gasteiger partial charge in [-0.15, -0.1) is 11.6 Å². The van der Waals surface area contributed by atoms with Crippen molar-refractivity contribution in [3.05, 3.63) is 0 Å². The van der Waals surface area contributed by atoms with Crippen molar-refractivity contribution in [3.63, 3.8) is 0 Å². The van der Waals surface area contributed by atoms with Gasteiger partial charge in [0, 0.05) is 5.41 Å². The number of oxime groups is 1. The van der Waals surface area contributed by atoms with Crippen LogP contribution in [0.4, 0.5) is 0 Å². The zero-order valence-corrected chi connectivity index (χ0v) is 8.60. The second kappa shape index (κ2) is 4.45. The van der Waals surface area contributed by atoms with Crippen molar-refractivity contribution in [2.75, 3.05) is 5.88 Å². The summed E-state index contributed by atoms with van der Waals surface area (Å²) in [5.41, 5.74) is 0.688. The maximum absolute atomic E-state index is 10.6. The molecule has 0 bridgehead atoms. The van der Waals surface area contributed by atoms with Crippen LogP contribution in [0.1, 0.15) is 27.7 Å². The Hall–Kier alpha value is -0.570. The zero-order valence-electron chi connectivity index (χ0n) is 7.85. The van der Waals surface area contributed by atoms with Crippen molar-refractivity contribution in [2.45, 2.75) is 27.7 Å². The fourth-order valence-corrected chi connectivity index (χ4v) is 0.329. The van der Waals surface area contributed by atoms with Crippen LogP contribution in [0, 0.1) is 5.41 Å². The van der Waals surface area contributed by atoms with Gasteiger partial charge in [0.05, 0.1) is 5.71 Å². The van der Waals surface area contributed by atoms with Crippen molar-refractivity contribution in [2.24, 2.45) is 10.6 Å². The maximum atomic E-state index is 10.6. The molecular formula is C8H14ClNO2. The minimum Gasteiger partial charge on any atom is -0.317 e. The third-order valence-electron chi connectivity index (χ3n) is 1.48. The number of hydrogen-bond donors (Lipinski definition) is 0. The van der Waals surface area contributed by atoms with Gasteiger partial charge in [-0.25, -0.2) is 4.79 Å². The van der Waals surface area contributed by atoms with Gasteiger partial charge >= 0.3 is 5.97 Å². The summed E-state index contributed by atoms with van der Waals surface area (Å²) in [5, 5.41) is 3.65. The highest BCUT2D eigenvalue weighted by Crippen LogP contribution is 2.15. The largest absolute Gasteiger partial charge is 0.349 e. The SMILES string of the molecule is CC(=NOC(=O)CCl)C(C)(C)C. The smallest absolute Gasteiger partial charge is 0.317 e. The third kappa shape index (κ3) is 4.34. The molecule has 0 saturated carbocycles. The second-order valence-corrected chi connectivity index (χ2v) is 3.79.